The van der Waals surface area contributed by atoms with Gasteiger partial charge in [0.05, 0.1) is 18.5 Å². The molecule has 1 heterocycles. The fourth-order valence-corrected chi connectivity index (χ4v) is 2.33. The molecule has 0 spiro atoms. The van der Waals surface area contributed by atoms with Crippen molar-refractivity contribution in [1.82, 2.24) is 10.3 Å². The molecule has 0 aliphatic heterocycles. The number of hydrogen-bond donors (Lipinski definition) is 3. The first-order valence-electron chi connectivity index (χ1n) is 8.46. The predicted octanol–water partition coefficient (Wildman–Crippen LogP) is 2.88. The monoisotopic (exact) mass is 392 g/mol. The summed E-state index contributed by atoms with van der Waals surface area (Å²) in [5, 5.41) is 5.52. The van der Waals surface area contributed by atoms with E-state index >= 15 is 0 Å². The second kappa shape index (κ2) is 10.4. The predicted molar refractivity (Wildman–Crippen MR) is 108 cm³/mol. The molecule has 1 aromatic carbocycles. The molecular formula is C19H25ClN4O3. The number of nitrogens with zero attached hydrogens (tertiary/aromatic N) is 1. The number of amides is 2. The Bertz CT molecular complexity index is 749. The fraction of sp³-hybridized carbons (Fsp3) is 0.316. The minimum atomic E-state index is -0.688. The van der Waals surface area contributed by atoms with Crippen LogP contribution < -0.4 is 21.1 Å². The number of carbonyl (C=O) groups excluding carboxylic acids is 2. The number of halogens is 1. The number of benzene rings is 1. The molecule has 1 atom stereocenters. The summed E-state index contributed by atoms with van der Waals surface area (Å²) < 4.78 is 5.36. The topological polar surface area (TPSA) is 106 Å². The lowest BCUT2D eigenvalue weighted by Gasteiger charge is -2.21. The van der Waals surface area contributed by atoms with Crippen LogP contribution in [0.5, 0.6) is 5.75 Å². The summed E-state index contributed by atoms with van der Waals surface area (Å²) in [6, 6.07) is 9.35. The molecule has 2 amide bonds. The second-order valence-corrected chi connectivity index (χ2v) is 6.11. The Labute approximate surface area is 165 Å². The van der Waals surface area contributed by atoms with E-state index in [0.717, 1.165) is 0 Å². The molecule has 0 saturated carbocycles. The van der Waals surface area contributed by atoms with Crippen LogP contribution in [0.3, 0.4) is 0 Å². The van der Waals surface area contributed by atoms with Crippen molar-refractivity contribution in [2.75, 3.05) is 17.7 Å². The molecule has 0 fully saturated rings. The van der Waals surface area contributed by atoms with E-state index in [9.17, 15) is 9.59 Å². The van der Waals surface area contributed by atoms with Gasteiger partial charge in [-0.1, -0.05) is 13.8 Å². The Kier molecular flexibility index (Phi) is 8.55. The Morgan fingerprint density at radius 3 is 2.33 bits per heavy atom. The van der Waals surface area contributed by atoms with Crippen molar-refractivity contribution in [2.24, 2.45) is 5.92 Å². The molecule has 2 rings (SSSR count). The van der Waals surface area contributed by atoms with Crippen LogP contribution in [-0.4, -0.2) is 29.4 Å². The van der Waals surface area contributed by atoms with Crippen LogP contribution in [-0.2, 0) is 4.79 Å². The highest BCUT2D eigenvalue weighted by Gasteiger charge is 2.25. The molecule has 27 heavy (non-hydrogen) atoms. The number of nitrogens with two attached hydrogens (primary N) is 1. The number of rotatable bonds is 7. The smallest absolute Gasteiger partial charge is 0.251 e. The number of carbonyl (C=O) groups is 2. The quantitative estimate of drug-likeness (QED) is 0.671. The van der Waals surface area contributed by atoms with E-state index in [4.69, 9.17) is 10.5 Å². The molecule has 0 bridgehead atoms. The van der Waals surface area contributed by atoms with E-state index in [1.54, 1.807) is 36.4 Å². The number of pyridine rings is 1. The van der Waals surface area contributed by atoms with Crippen LogP contribution in [0, 0.1) is 5.92 Å². The summed E-state index contributed by atoms with van der Waals surface area (Å²) in [6.45, 7) is 6.18. The minimum Gasteiger partial charge on any atom is -0.494 e. The first-order chi connectivity index (χ1) is 12.4. The number of aromatic nitrogens is 1. The lowest BCUT2D eigenvalue weighted by Crippen LogP contribution is -2.47. The molecule has 4 N–H and O–H groups in total. The normalized spacial score (nSPS) is 11.3. The molecule has 0 aliphatic carbocycles. The third kappa shape index (κ3) is 6.45. The van der Waals surface area contributed by atoms with E-state index in [-0.39, 0.29) is 30.1 Å². The average molecular weight is 393 g/mol. The molecule has 1 unspecified atom stereocenters. The minimum absolute atomic E-state index is 0. The van der Waals surface area contributed by atoms with Crippen LogP contribution in [0.4, 0.5) is 11.5 Å². The molecule has 2 aromatic rings. The number of nitrogen functional groups attached to an aromatic ring is 1. The average Bonchev–Trinajstić information content (AvgIpc) is 2.62. The number of hydrogen-bond acceptors (Lipinski definition) is 5. The van der Waals surface area contributed by atoms with E-state index in [0.29, 0.717) is 29.4 Å². The largest absolute Gasteiger partial charge is 0.494 e. The first kappa shape index (κ1) is 22.2. The van der Waals surface area contributed by atoms with Gasteiger partial charge in [-0.3, -0.25) is 9.59 Å². The lowest BCUT2D eigenvalue weighted by atomic mass is 10.0. The summed E-state index contributed by atoms with van der Waals surface area (Å²) >= 11 is 0. The maximum atomic E-state index is 12.5. The first-order valence-corrected chi connectivity index (χ1v) is 8.46. The van der Waals surface area contributed by atoms with Crippen LogP contribution in [0.15, 0.2) is 42.6 Å². The molecule has 8 heteroatoms. The van der Waals surface area contributed by atoms with Gasteiger partial charge >= 0.3 is 0 Å². The standard InChI is InChI=1S/C19H24N4O3.ClH/c1-4-26-15-8-5-13(6-9-15)18(24)23-17(12(2)3)19(25)22-14-7-10-16(20)21-11-14;/h5-12,17H,4H2,1-3H3,(H2,20,21)(H,22,25)(H,23,24);1H. The van der Waals surface area contributed by atoms with Gasteiger partial charge in [-0.05, 0) is 49.2 Å². The van der Waals surface area contributed by atoms with Crippen molar-refractivity contribution < 1.29 is 14.3 Å². The van der Waals surface area contributed by atoms with Gasteiger partial charge < -0.3 is 21.1 Å². The van der Waals surface area contributed by atoms with Crippen LogP contribution in [0.25, 0.3) is 0 Å². The zero-order valence-corrected chi connectivity index (χ0v) is 16.4. The van der Waals surface area contributed by atoms with Crippen LogP contribution in [0.1, 0.15) is 31.1 Å². The van der Waals surface area contributed by atoms with Gasteiger partial charge in [0, 0.05) is 5.56 Å². The molecular weight excluding hydrogens is 368 g/mol. The Morgan fingerprint density at radius 1 is 1.15 bits per heavy atom. The van der Waals surface area contributed by atoms with Gasteiger partial charge in [0.1, 0.15) is 17.6 Å². The molecule has 146 valence electrons. The molecule has 0 aliphatic rings. The molecule has 0 saturated heterocycles. The Hall–Kier alpha value is -2.80. The summed E-state index contributed by atoms with van der Waals surface area (Å²) in [7, 11) is 0. The number of nitrogens with one attached hydrogen (secondary N) is 2. The molecule has 1 aromatic heterocycles. The van der Waals surface area contributed by atoms with Crippen LogP contribution >= 0.6 is 12.4 Å². The highest BCUT2D eigenvalue weighted by Crippen LogP contribution is 2.14. The highest BCUT2D eigenvalue weighted by molar-refractivity contribution is 6.01. The molecule has 0 radical (unpaired) electrons. The SMILES string of the molecule is CCOc1ccc(C(=O)NC(C(=O)Nc2ccc(N)nc2)C(C)C)cc1.Cl. The second-order valence-electron chi connectivity index (χ2n) is 6.11. The molecule has 7 nitrogen and oxygen atoms in total. The fourth-order valence-electron chi connectivity index (χ4n) is 2.33. The maximum absolute atomic E-state index is 12.5. The van der Waals surface area contributed by atoms with E-state index in [1.807, 2.05) is 20.8 Å². The van der Waals surface area contributed by atoms with Crippen molar-refractivity contribution in [3.8, 4) is 5.75 Å². The Morgan fingerprint density at radius 2 is 1.81 bits per heavy atom. The lowest BCUT2D eigenvalue weighted by molar-refractivity contribution is -0.118. The van der Waals surface area contributed by atoms with Gasteiger partial charge in [-0.15, -0.1) is 12.4 Å². The van der Waals surface area contributed by atoms with E-state index in [2.05, 4.69) is 15.6 Å². The van der Waals surface area contributed by atoms with Gasteiger partial charge in [-0.25, -0.2) is 4.98 Å². The third-order valence-electron chi connectivity index (χ3n) is 3.72. The summed E-state index contributed by atoms with van der Waals surface area (Å²) in [5.74, 6) is 0.330. The van der Waals surface area contributed by atoms with Crippen molar-refractivity contribution in [3.63, 3.8) is 0 Å². The zero-order valence-electron chi connectivity index (χ0n) is 15.6. The van der Waals surface area contributed by atoms with Crippen LogP contribution in [0.2, 0.25) is 0 Å². The summed E-state index contributed by atoms with van der Waals surface area (Å²) in [5.41, 5.74) is 6.51. The van der Waals surface area contributed by atoms with Gasteiger partial charge in [0.25, 0.3) is 5.91 Å². The third-order valence-corrected chi connectivity index (χ3v) is 3.72. The van der Waals surface area contributed by atoms with Gasteiger partial charge in [-0.2, -0.15) is 0 Å². The van der Waals surface area contributed by atoms with Crippen molar-refractivity contribution in [1.29, 1.82) is 0 Å². The highest BCUT2D eigenvalue weighted by atomic mass is 35.5. The van der Waals surface area contributed by atoms with E-state index in [1.165, 1.54) is 6.20 Å². The zero-order chi connectivity index (χ0) is 19.1. The van der Waals surface area contributed by atoms with Crippen molar-refractivity contribution in [3.05, 3.63) is 48.2 Å². The van der Waals surface area contributed by atoms with Gasteiger partial charge in [0.2, 0.25) is 5.91 Å². The number of ether oxygens (including phenoxy) is 1. The van der Waals surface area contributed by atoms with E-state index < -0.39 is 6.04 Å². The number of anilines is 2. The summed E-state index contributed by atoms with van der Waals surface area (Å²) in [6.07, 6.45) is 1.47. The van der Waals surface area contributed by atoms with Gasteiger partial charge in [0.15, 0.2) is 0 Å². The Balaban J connectivity index is 0.00000364. The van der Waals surface area contributed by atoms with Crippen molar-refractivity contribution in [2.45, 2.75) is 26.8 Å². The maximum Gasteiger partial charge on any atom is 0.251 e. The summed E-state index contributed by atoms with van der Waals surface area (Å²) in [4.78, 5) is 28.9. The van der Waals surface area contributed by atoms with Crippen molar-refractivity contribution >= 4 is 35.7 Å².